The SMILES string of the molecule is CC1(C)c2nc[nH]c2CCN1CCC=O. The molecular formula is C11H17N3O. The van der Waals surface area contributed by atoms with Crippen molar-refractivity contribution in [2.24, 2.45) is 0 Å². The molecule has 0 saturated carbocycles. The van der Waals surface area contributed by atoms with Crippen molar-refractivity contribution in [1.29, 1.82) is 0 Å². The lowest BCUT2D eigenvalue weighted by Crippen LogP contribution is -2.47. The highest BCUT2D eigenvalue weighted by Crippen LogP contribution is 2.32. The predicted molar refractivity (Wildman–Crippen MR) is 57.6 cm³/mol. The summed E-state index contributed by atoms with van der Waals surface area (Å²) in [4.78, 5) is 20.3. The van der Waals surface area contributed by atoms with Gasteiger partial charge in [-0.25, -0.2) is 4.98 Å². The minimum Gasteiger partial charge on any atom is -0.348 e. The molecule has 0 atom stereocenters. The van der Waals surface area contributed by atoms with E-state index in [1.807, 2.05) is 0 Å². The van der Waals surface area contributed by atoms with Crippen LogP contribution >= 0.6 is 0 Å². The van der Waals surface area contributed by atoms with Gasteiger partial charge in [-0.1, -0.05) is 0 Å². The number of fused-ring (bicyclic) bond motifs is 1. The molecule has 15 heavy (non-hydrogen) atoms. The fraction of sp³-hybridized carbons (Fsp3) is 0.636. The second-order valence-electron chi connectivity index (χ2n) is 4.48. The van der Waals surface area contributed by atoms with Crippen molar-refractivity contribution < 1.29 is 4.79 Å². The summed E-state index contributed by atoms with van der Waals surface area (Å²) in [6.07, 6.45) is 4.34. The minimum absolute atomic E-state index is 0.0589. The molecule has 82 valence electrons. The van der Waals surface area contributed by atoms with Crippen LogP contribution < -0.4 is 0 Å². The third-order valence-corrected chi connectivity index (χ3v) is 3.24. The lowest BCUT2D eigenvalue weighted by molar-refractivity contribution is -0.108. The zero-order valence-corrected chi connectivity index (χ0v) is 9.29. The lowest BCUT2D eigenvalue weighted by atomic mass is 9.91. The van der Waals surface area contributed by atoms with Gasteiger partial charge in [0.2, 0.25) is 0 Å². The molecule has 0 amide bonds. The lowest BCUT2D eigenvalue weighted by Gasteiger charge is -2.41. The predicted octanol–water partition coefficient (Wildman–Crippen LogP) is 1.09. The fourth-order valence-electron chi connectivity index (χ4n) is 2.31. The molecule has 1 N–H and O–H groups in total. The highest BCUT2D eigenvalue weighted by Gasteiger charge is 2.35. The van der Waals surface area contributed by atoms with E-state index in [0.29, 0.717) is 6.42 Å². The topological polar surface area (TPSA) is 49.0 Å². The Labute approximate surface area is 89.7 Å². The first kappa shape index (κ1) is 10.4. The first-order valence-corrected chi connectivity index (χ1v) is 5.37. The van der Waals surface area contributed by atoms with Crippen LogP contribution in [-0.4, -0.2) is 34.2 Å². The number of hydrogen-bond acceptors (Lipinski definition) is 3. The monoisotopic (exact) mass is 207 g/mol. The van der Waals surface area contributed by atoms with Crippen LogP contribution in [0.2, 0.25) is 0 Å². The van der Waals surface area contributed by atoms with Gasteiger partial charge in [0.05, 0.1) is 17.6 Å². The molecule has 0 radical (unpaired) electrons. The van der Waals surface area contributed by atoms with Gasteiger partial charge in [-0.05, 0) is 13.8 Å². The zero-order valence-electron chi connectivity index (χ0n) is 9.29. The highest BCUT2D eigenvalue weighted by molar-refractivity contribution is 5.49. The summed E-state index contributed by atoms with van der Waals surface area (Å²) in [5.41, 5.74) is 2.30. The summed E-state index contributed by atoms with van der Waals surface area (Å²) in [7, 11) is 0. The maximum absolute atomic E-state index is 10.4. The van der Waals surface area contributed by atoms with Crippen molar-refractivity contribution in [3.8, 4) is 0 Å². The number of H-pyrrole nitrogens is 1. The summed E-state index contributed by atoms with van der Waals surface area (Å²) < 4.78 is 0. The van der Waals surface area contributed by atoms with Crippen molar-refractivity contribution >= 4 is 6.29 Å². The Morgan fingerprint density at radius 3 is 3.20 bits per heavy atom. The summed E-state index contributed by atoms with van der Waals surface area (Å²) in [5.74, 6) is 0. The third kappa shape index (κ3) is 1.69. The smallest absolute Gasteiger partial charge is 0.121 e. The van der Waals surface area contributed by atoms with Crippen LogP contribution in [0.3, 0.4) is 0 Å². The molecule has 1 aliphatic heterocycles. The van der Waals surface area contributed by atoms with E-state index in [4.69, 9.17) is 0 Å². The summed E-state index contributed by atoms with van der Waals surface area (Å²) in [6, 6.07) is 0. The van der Waals surface area contributed by atoms with E-state index in [1.54, 1.807) is 6.33 Å². The highest BCUT2D eigenvalue weighted by atomic mass is 16.1. The second-order valence-corrected chi connectivity index (χ2v) is 4.48. The maximum atomic E-state index is 10.4. The number of aromatic nitrogens is 2. The summed E-state index contributed by atoms with van der Waals surface area (Å²) >= 11 is 0. The Morgan fingerprint density at radius 1 is 1.67 bits per heavy atom. The Morgan fingerprint density at radius 2 is 2.47 bits per heavy atom. The van der Waals surface area contributed by atoms with E-state index >= 15 is 0 Å². The number of carbonyl (C=O) groups is 1. The van der Waals surface area contributed by atoms with Gasteiger partial charge in [0.1, 0.15) is 6.29 Å². The molecule has 0 bridgehead atoms. The number of rotatable bonds is 3. The Kier molecular flexibility index (Phi) is 2.61. The van der Waals surface area contributed by atoms with Gasteiger partial charge in [-0.15, -0.1) is 0 Å². The Bertz CT molecular complexity index is 356. The van der Waals surface area contributed by atoms with Crippen molar-refractivity contribution in [3.05, 3.63) is 17.7 Å². The molecule has 0 aromatic carbocycles. The molecule has 4 nitrogen and oxygen atoms in total. The minimum atomic E-state index is -0.0589. The van der Waals surface area contributed by atoms with Gasteiger partial charge < -0.3 is 9.78 Å². The summed E-state index contributed by atoms with van der Waals surface area (Å²) in [6.45, 7) is 6.14. The van der Waals surface area contributed by atoms with Crippen LogP contribution in [0.15, 0.2) is 6.33 Å². The van der Waals surface area contributed by atoms with E-state index in [2.05, 4.69) is 28.7 Å². The average molecular weight is 207 g/mol. The number of nitrogens with one attached hydrogen (secondary N) is 1. The maximum Gasteiger partial charge on any atom is 0.121 e. The fourth-order valence-corrected chi connectivity index (χ4v) is 2.31. The molecule has 0 unspecified atom stereocenters. The standard InChI is InChI=1S/C11H17N3O/c1-11(2)10-9(12-8-13-10)4-6-14(11)5-3-7-15/h7-8H,3-6H2,1-2H3,(H,12,13). The molecule has 1 aromatic rings. The largest absolute Gasteiger partial charge is 0.348 e. The van der Waals surface area contributed by atoms with Crippen LogP contribution in [-0.2, 0) is 16.8 Å². The van der Waals surface area contributed by atoms with Gasteiger partial charge in [0.15, 0.2) is 0 Å². The molecule has 2 heterocycles. The van der Waals surface area contributed by atoms with Crippen molar-refractivity contribution in [1.82, 2.24) is 14.9 Å². The van der Waals surface area contributed by atoms with Gasteiger partial charge >= 0.3 is 0 Å². The van der Waals surface area contributed by atoms with Crippen LogP contribution in [0.25, 0.3) is 0 Å². The molecule has 0 aliphatic carbocycles. The van der Waals surface area contributed by atoms with Crippen molar-refractivity contribution in [3.63, 3.8) is 0 Å². The number of hydrogen-bond donors (Lipinski definition) is 1. The van der Waals surface area contributed by atoms with Gasteiger partial charge in [-0.3, -0.25) is 4.90 Å². The van der Waals surface area contributed by atoms with Crippen molar-refractivity contribution in [2.75, 3.05) is 13.1 Å². The van der Waals surface area contributed by atoms with E-state index in [0.717, 1.165) is 31.5 Å². The third-order valence-electron chi connectivity index (χ3n) is 3.24. The van der Waals surface area contributed by atoms with Crippen LogP contribution in [0.5, 0.6) is 0 Å². The number of aromatic amines is 1. The van der Waals surface area contributed by atoms with Gasteiger partial charge in [-0.2, -0.15) is 0 Å². The molecule has 0 spiro atoms. The summed E-state index contributed by atoms with van der Waals surface area (Å²) in [5, 5.41) is 0. The van der Waals surface area contributed by atoms with E-state index in [-0.39, 0.29) is 5.54 Å². The molecule has 1 aromatic heterocycles. The Hall–Kier alpha value is -1.16. The first-order chi connectivity index (χ1) is 7.16. The number of imidazole rings is 1. The second kappa shape index (κ2) is 3.77. The van der Waals surface area contributed by atoms with Gasteiger partial charge in [0.25, 0.3) is 0 Å². The van der Waals surface area contributed by atoms with Crippen LogP contribution in [0, 0.1) is 0 Å². The average Bonchev–Trinajstić information content (AvgIpc) is 2.66. The Balaban J connectivity index is 2.22. The molecule has 2 rings (SSSR count). The molecule has 1 aliphatic rings. The van der Waals surface area contributed by atoms with Crippen LogP contribution in [0.1, 0.15) is 31.7 Å². The number of carbonyl (C=O) groups excluding carboxylic acids is 1. The zero-order chi connectivity index (χ0) is 10.9. The van der Waals surface area contributed by atoms with Crippen molar-refractivity contribution in [2.45, 2.75) is 32.2 Å². The number of aldehydes is 1. The van der Waals surface area contributed by atoms with E-state index in [9.17, 15) is 4.79 Å². The molecule has 4 heteroatoms. The quantitative estimate of drug-likeness (QED) is 0.755. The van der Waals surface area contributed by atoms with Gasteiger partial charge in [0, 0.05) is 31.6 Å². The normalized spacial score (nSPS) is 19.9. The first-order valence-electron chi connectivity index (χ1n) is 5.37. The number of nitrogens with zero attached hydrogens (tertiary/aromatic N) is 2. The molecule has 0 saturated heterocycles. The van der Waals surface area contributed by atoms with E-state index < -0.39 is 0 Å². The molecule has 0 fully saturated rings. The van der Waals surface area contributed by atoms with Crippen LogP contribution in [0.4, 0.5) is 0 Å². The van der Waals surface area contributed by atoms with E-state index in [1.165, 1.54) is 5.69 Å². The molecular weight excluding hydrogens is 190 g/mol.